The fourth-order valence-electron chi connectivity index (χ4n) is 2.56. The van der Waals surface area contributed by atoms with E-state index in [1.807, 2.05) is 24.1 Å². The summed E-state index contributed by atoms with van der Waals surface area (Å²) in [7, 11) is 1.94. The highest BCUT2D eigenvalue weighted by Crippen LogP contribution is 2.26. The van der Waals surface area contributed by atoms with Crippen molar-refractivity contribution >= 4 is 0 Å². The molecule has 0 aromatic carbocycles. The van der Waals surface area contributed by atoms with Gasteiger partial charge in [0.1, 0.15) is 0 Å². The van der Waals surface area contributed by atoms with Crippen molar-refractivity contribution in [3.05, 3.63) is 18.0 Å². The Hall–Kier alpha value is -0.870. The van der Waals surface area contributed by atoms with E-state index in [2.05, 4.69) is 17.3 Å². The number of nitrogens with zero attached hydrogens (tertiary/aromatic N) is 2. The monoisotopic (exact) mass is 222 g/mol. The first kappa shape index (κ1) is 11.6. The number of hydrogen-bond acceptors (Lipinski definition) is 3. The Kier molecular flexibility index (Phi) is 3.61. The van der Waals surface area contributed by atoms with Gasteiger partial charge >= 0.3 is 0 Å². The number of aryl methyl sites for hydroxylation is 1. The summed E-state index contributed by atoms with van der Waals surface area (Å²) < 4.78 is 1.83. The Bertz CT molecular complexity index is 334. The molecule has 1 aliphatic carbocycles. The Morgan fingerprint density at radius 3 is 2.94 bits per heavy atom. The van der Waals surface area contributed by atoms with Gasteiger partial charge in [-0.15, -0.1) is 0 Å². The van der Waals surface area contributed by atoms with Gasteiger partial charge < -0.3 is 11.1 Å². The van der Waals surface area contributed by atoms with Gasteiger partial charge in [-0.25, -0.2) is 0 Å². The smallest absolute Gasteiger partial charge is 0.0538 e. The summed E-state index contributed by atoms with van der Waals surface area (Å²) in [4.78, 5) is 0. The second-order valence-corrected chi connectivity index (χ2v) is 5.02. The van der Waals surface area contributed by atoms with Crippen LogP contribution in [0.15, 0.2) is 12.4 Å². The van der Waals surface area contributed by atoms with Crippen molar-refractivity contribution in [3.8, 4) is 0 Å². The predicted octanol–water partition coefficient (Wildman–Crippen LogP) is 1.20. The molecule has 1 aliphatic rings. The first-order valence-electron chi connectivity index (χ1n) is 6.13. The molecule has 0 bridgehead atoms. The number of nitrogens with two attached hydrogens (primary N) is 1. The van der Waals surface area contributed by atoms with Crippen molar-refractivity contribution in [2.45, 2.75) is 38.3 Å². The maximum absolute atomic E-state index is 5.83. The van der Waals surface area contributed by atoms with Gasteiger partial charge in [0.15, 0.2) is 0 Å². The zero-order valence-electron chi connectivity index (χ0n) is 10.2. The lowest BCUT2D eigenvalue weighted by Gasteiger charge is -2.20. The molecule has 1 aromatic rings. The zero-order valence-corrected chi connectivity index (χ0v) is 10.2. The summed E-state index contributed by atoms with van der Waals surface area (Å²) in [5.41, 5.74) is 7.03. The first-order chi connectivity index (χ1) is 7.69. The third-order valence-corrected chi connectivity index (χ3v) is 3.49. The van der Waals surface area contributed by atoms with Gasteiger partial charge in [0.05, 0.1) is 6.20 Å². The van der Waals surface area contributed by atoms with E-state index in [1.165, 1.54) is 24.8 Å². The summed E-state index contributed by atoms with van der Waals surface area (Å²) in [6.07, 6.45) is 7.84. The van der Waals surface area contributed by atoms with Crippen LogP contribution in [0.4, 0.5) is 0 Å². The van der Waals surface area contributed by atoms with Gasteiger partial charge in [-0.2, -0.15) is 5.10 Å². The molecule has 16 heavy (non-hydrogen) atoms. The van der Waals surface area contributed by atoms with Crippen molar-refractivity contribution < 1.29 is 0 Å². The summed E-state index contributed by atoms with van der Waals surface area (Å²) in [5.74, 6) is 0.852. The average Bonchev–Trinajstić information content (AvgIpc) is 2.84. The second-order valence-electron chi connectivity index (χ2n) is 5.02. The molecular formula is C12H22N4. The molecular weight excluding hydrogens is 200 g/mol. The van der Waals surface area contributed by atoms with E-state index in [-0.39, 0.29) is 6.04 Å². The molecule has 4 heteroatoms. The second kappa shape index (κ2) is 4.97. The molecule has 2 rings (SSSR count). The molecule has 90 valence electrons. The lowest BCUT2D eigenvalue weighted by molar-refractivity contribution is 0.434. The minimum Gasteiger partial charge on any atom is -0.329 e. The molecule has 0 amide bonds. The molecule has 1 heterocycles. The molecule has 3 unspecified atom stereocenters. The van der Waals surface area contributed by atoms with E-state index in [0.717, 1.165) is 5.92 Å². The molecule has 0 radical (unpaired) electrons. The van der Waals surface area contributed by atoms with Gasteiger partial charge in [-0.3, -0.25) is 4.68 Å². The average molecular weight is 222 g/mol. The van der Waals surface area contributed by atoms with Gasteiger partial charge in [0.2, 0.25) is 0 Å². The van der Waals surface area contributed by atoms with E-state index in [9.17, 15) is 0 Å². The summed E-state index contributed by atoms with van der Waals surface area (Å²) >= 11 is 0. The van der Waals surface area contributed by atoms with E-state index in [4.69, 9.17) is 5.73 Å². The van der Waals surface area contributed by atoms with Gasteiger partial charge in [-0.1, -0.05) is 6.92 Å². The van der Waals surface area contributed by atoms with Crippen LogP contribution in [0.25, 0.3) is 0 Å². The standard InChI is InChI=1S/C12H22N4/c1-9-3-4-11(5-9)15-12(6-13)10-7-14-16(2)8-10/h7-9,11-12,15H,3-6,13H2,1-2H3. The maximum atomic E-state index is 5.83. The maximum Gasteiger partial charge on any atom is 0.0538 e. The molecule has 0 saturated heterocycles. The van der Waals surface area contributed by atoms with E-state index in [0.29, 0.717) is 12.6 Å². The third kappa shape index (κ3) is 2.62. The van der Waals surface area contributed by atoms with Crippen molar-refractivity contribution in [3.63, 3.8) is 0 Å². The van der Waals surface area contributed by atoms with E-state index >= 15 is 0 Å². The topological polar surface area (TPSA) is 55.9 Å². The van der Waals surface area contributed by atoms with Gasteiger partial charge in [0, 0.05) is 37.4 Å². The van der Waals surface area contributed by atoms with Crippen LogP contribution in [0.5, 0.6) is 0 Å². The van der Waals surface area contributed by atoms with Crippen molar-refractivity contribution in [2.75, 3.05) is 6.54 Å². The molecule has 3 atom stereocenters. The highest BCUT2D eigenvalue weighted by atomic mass is 15.2. The van der Waals surface area contributed by atoms with Crippen LogP contribution in [-0.2, 0) is 7.05 Å². The Morgan fingerprint density at radius 2 is 2.44 bits per heavy atom. The first-order valence-corrected chi connectivity index (χ1v) is 6.13. The Morgan fingerprint density at radius 1 is 1.62 bits per heavy atom. The molecule has 1 saturated carbocycles. The van der Waals surface area contributed by atoms with Crippen LogP contribution < -0.4 is 11.1 Å². The largest absolute Gasteiger partial charge is 0.329 e. The third-order valence-electron chi connectivity index (χ3n) is 3.49. The number of aromatic nitrogens is 2. The number of nitrogens with one attached hydrogen (secondary N) is 1. The highest BCUT2D eigenvalue weighted by Gasteiger charge is 2.24. The molecule has 1 fully saturated rings. The van der Waals surface area contributed by atoms with Crippen molar-refractivity contribution in [2.24, 2.45) is 18.7 Å². The summed E-state index contributed by atoms with van der Waals surface area (Å²) in [5, 5.41) is 7.84. The van der Waals surface area contributed by atoms with Crippen LogP contribution >= 0.6 is 0 Å². The quantitative estimate of drug-likeness (QED) is 0.805. The Labute approximate surface area is 97.2 Å². The molecule has 0 aliphatic heterocycles. The predicted molar refractivity (Wildman–Crippen MR) is 64.9 cm³/mol. The van der Waals surface area contributed by atoms with Crippen LogP contribution in [0, 0.1) is 5.92 Å². The SMILES string of the molecule is CC1CCC(NC(CN)c2cnn(C)c2)C1. The highest BCUT2D eigenvalue weighted by molar-refractivity contribution is 5.11. The number of rotatable bonds is 4. The fraction of sp³-hybridized carbons (Fsp3) is 0.750. The summed E-state index contributed by atoms with van der Waals surface area (Å²) in [6, 6.07) is 0.882. The normalized spacial score (nSPS) is 27.2. The van der Waals surface area contributed by atoms with Crippen LogP contribution in [0.1, 0.15) is 37.8 Å². The zero-order chi connectivity index (χ0) is 11.5. The fourth-order valence-corrected chi connectivity index (χ4v) is 2.56. The Balaban J connectivity index is 1.95. The number of hydrogen-bond donors (Lipinski definition) is 2. The van der Waals surface area contributed by atoms with Crippen molar-refractivity contribution in [1.82, 2.24) is 15.1 Å². The lowest BCUT2D eigenvalue weighted by Crippen LogP contribution is -2.35. The van der Waals surface area contributed by atoms with E-state index < -0.39 is 0 Å². The van der Waals surface area contributed by atoms with E-state index in [1.54, 1.807) is 0 Å². The molecule has 3 N–H and O–H groups in total. The van der Waals surface area contributed by atoms with Crippen LogP contribution in [0.3, 0.4) is 0 Å². The lowest BCUT2D eigenvalue weighted by atomic mass is 10.1. The van der Waals surface area contributed by atoms with Crippen LogP contribution in [-0.4, -0.2) is 22.4 Å². The van der Waals surface area contributed by atoms with Gasteiger partial charge in [0.25, 0.3) is 0 Å². The summed E-state index contributed by atoms with van der Waals surface area (Å²) in [6.45, 7) is 2.96. The van der Waals surface area contributed by atoms with Crippen molar-refractivity contribution in [1.29, 1.82) is 0 Å². The minimum atomic E-state index is 0.254. The minimum absolute atomic E-state index is 0.254. The van der Waals surface area contributed by atoms with Gasteiger partial charge in [-0.05, 0) is 25.2 Å². The molecule has 1 aromatic heterocycles. The van der Waals surface area contributed by atoms with Crippen LogP contribution in [0.2, 0.25) is 0 Å². The molecule has 0 spiro atoms. The molecule has 4 nitrogen and oxygen atoms in total.